The molecule has 1 aliphatic rings. The Kier molecular flexibility index (Phi) is 4.21. The van der Waals surface area contributed by atoms with Crippen molar-refractivity contribution in [1.29, 1.82) is 0 Å². The number of halogens is 1. The molecule has 2 heterocycles. The molecule has 1 aromatic rings. The third-order valence-corrected chi connectivity index (χ3v) is 3.13. The van der Waals surface area contributed by atoms with E-state index < -0.39 is 0 Å². The van der Waals surface area contributed by atoms with Gasteiger partial charge in [-0.25, -0.2) is 4.98 Å². The third kappa shape index (κ3) is 2.82. The Balaban J connectivity index is 2.19. The molecule has 0 aliphatic carbocycles. The molecule has 0 radical (unpaired) electrons. The number of morpholine rings is 1. The molecule has 0 bridgehead atoms. The zero-order valence-electron chi connectivity index (χ0n) is 10.5. The molecule has 0 saturated carbocycles. The fourth-order valence-corrected chi connectivity index (χ4v) is 2.06. The van der Waals surface area contributed by atoms with Gasteiger partial charge in [0.05, 0.1) is 26.0 Å². The molecule has 1 saturated heterocycles. The molecule has 2 atom stereocenters. The Labute approximate surface area is 111 Å². The zero-order chi connectivity index (χ0) is 13.1. The monoisotopic (exact) mass is 272 g/mol. The van der Waals surface area contributed by atoms with Crippen LogP contribution in [0.15, 0.2) is 6.20 Å². The van der Waals surface area contributed by atoms with Crippen LogP contribution in [0.5, 0.6) is 6.01 Å². The molecule has 0 spiro atoms. The maximum Gasteiger partial charge on any atom is 0.318 e. The summed E-state index contributed by atoms with van der Waals surface area (Å²) in [6, 6.07) is 0.272. The molecular formula is C11H17ClN4O2. The summed E-state index contributed by atoms with van der Waals surface area (Å²) in [5.41, 5.74) is 5.86. The van der Waals surface area contributed by atoms with E-state index in [9.17, 15) is 0 Å². The molecule has 100 valence electrons. The van der Waals surface area contributed by atoms with Gasteiger partial charge in [0.1, 0.15) is 5.02 Å². The second-order valence-electron chi connectivity index (χ2n) is 4.24. The van der Waals surface area contributed by atoms with Gasteiger partial charge in [0.15, 0.2) is 5.82 Å². The molecule has 2 rings (SSSR count). The number of aromatic nitrogens is 2. The van der Waals surface area contributed by atoms with E-state index in [-0.39, 0.29) is 12.1 Å². The SMILES string of the molecule is COc1ncc(Cl)c(N2CCOC(C(C)N)C2)n1. The van der Waals surface area contributed by atoms with Crippen LogP contribution in [0.4, 0.5) is 5.82 Å². The predicted molar refractivity (Wildman–Crippen MR) is 69.2 cm³/mol. The van der Waals surface area contributed by atoms with Crippen molar-refractivity contribution in [3.8, 4) is 6.01 Å². The van der Waals surface area contributed by atoms with E-state index in [2.05, 4.69) is 9.97 Å². The molecule has 0 amide bonds. The number of hydrogen-bond donors (Lipinski definition) is 1. The topological polar surface area (TPSA) is 73.5 Å². The quantitative estimate of drug-likeness (QED) is 0.873. The first-order valence-electron chi connectivity index (χ1n) is 5.80. The molecule has 2 unspecified atom stereocenters. The molecule has 1 aromatic heterocycles. The number of methoxy groups -OCH3 is 1. The fourth-order valence-electron chi connectivity index (χ4n) is 1.85. The summed E-state index contributed by atoms with van der Waals surface area (Å²) < 4.78 is 10.6. The molecule has 18 heavy (non-hydrogen) atoms. The summed E-state index contributed by atoms with van der Waals surface area (Å²) >= 11 is 6.12. The minimum Gasteiger partial charge on any atom is -0.467 e. The Morgan fingerprint density at radius 3 is 3.11 bits per heavy atom. The van der Waals surface area contributed by atoms with Gasteiger partial charge in [0.25, 0.3) is 0 Å². The summed E-state index contributed by atoms with van der Waals surface area (Å²) in [7, 11) is 1.52. The average molecular weight is 273 g/mol. The molecule has 1 fully saturated rings. The lowest BCUT2D eigenvalue weighted by Gasteiger charge is -2.35. The Bertz CT molecular complexity index is 416. The summed E-state index contributed by atoms with van der Waals surface area (Å²) in [6.45, 7) is 3.92. The van der Waals surface area contributed by atoms with Crippen molar-refractivity contribution in [3.05, 3.63) is 11.2 Å². The summed E-state index contributed by atoms with van der Waals surface area (Å²) in [5, 5.41) is 0.501. The van der Waals surface area contributed by atoms with Gasteiger partial charge in [-0.1, -0.05) is 11.6 Å². The van der Waals surface area contributed by atoms with Crippen molar-refractivity contribution >= 4 is 17.4 Å². The van der Waals surface area contributed by atoms with Crippen LogP contribution in [0.1, 0.15) is 6.92 Å². The van der Waals surface area contributed by atoms with Gasteiger partial charge >= 0.3 is 6.01 Å². The average Bonchev–Trinajstić information content (AvgIpc) is 2.39. The van der Waals surface area contributed by atoms with Gasteiger partial charge in [0, 0.05) is 19.1 Å². The lowest BCUT2D eigenvalue weighted by Crippen LogP contribution is -2.50. The van der Waals surface area contributed by atoms with E-state index in [0.29, 0.717) is 30.0 Å². The van der Waals surface area contributed by atoms with Crippen molar-refractivity contribution in [2.24, 2.45) is 5.73 Å². The van der Waals surface area contributed by atoms with Crippen LogP contribution in [0.2, 0.25) is 5.02 Å². The minimum atomic E-state index is -0.0321. The second kappa shape index (κ2) is 5.69. The number of hydrogen-bond acceptors (Lipinski definition) is 6. The maximum atomic E-state index is 6.12. The van der Waals surface area contributed by atoms with Crippen LogP contribution in [0.25, 0.3) is 0 Å². The van der Waals surface area contributed by atoms with E-state index in [0.717, 1.165) is 6.54 Å². The van der Waals surface area contributed by atoms with Crippen LogP contribution >= 0.6 is 11.6 Å². The van der Waals surface area contributed by atoms with Crippen molar-refractivity contribution < 1.29 is 9.47 Å². The number of nitrogens with zero attached hydrogens (tertiary/aromatic N) is 3. The van der Waals surface area contributed by atoms with Crippen molar-refractivity contribution in [1.82, 2.24) is 9.97 Å². The van der Waals surface area contributed by atoms with Crippen molar-refractivity contribution in [2.45, 2.75) is 19.1 Å². The lowest BCUT2D eigenvalue weighted by molar-refractivity contribution is 0.0273. The molecule has 2 N–H and O–H groups in total. The highest BCUT2D eigenvalue weighted by atomic mass is 35.5. The highest BCUT2D eigenvalue weighted by molar-refractivity contribution is 6.32. The van der Waals surface area contributed by atoms with Gasteiger partial charge in [0.2, 0.25) is 0 Å². The van der Waals surface area contributed by atoms with Gasteiger partial charge in [-0.15, -0.1) is 0 Å². The van der Waals surface area contributed by atoms with Gasteiger partial charge in [-0.2, -0.15) is 4.98 Å². The summed E-state index contributed by atoms with van der Waals surface area (Å²) in [6.07, 6.45) is 1.52. The van der Waals surface area contributed by atoms with E-state index in [1.54, 1.807) is 6.20 Å². The van der Waals surface area contributed by atoms with E-state index >= 15 is 0 Å². The van der Waals surface area contributed by atoms with E-state index in [4.69, 9.17) is 26.8 Å². The van der Waals surface area contributed by atoms with Crippen molar-refractivity contribution in [2.75, 3.05) is 31.7 Å². The van der Waals surface area contributed by atoms with Crippen LogP contribution in [-0.2, 0) is 4.74 Å². The van der Waals surface area contributed by atoms with Gasteiger partial charge < -0.3 is 20.1 Å². The molecule has 7 heteroatoms. The van der Waals surface area contributed by atoms with E-state index in [1.807, 2.05) is 11.8 Å². The lowest BCUT2D eigenvalue weighted by atomic mass is 10.1. The highest BCUT2D eigenvalue weighted by Crippen LogP contribution is 2.26. The Morgan fingerprint density at radius 1 is 1.67 bits per heavy atom. The molecule has 1 aliphatic heterocycles. The van der Waals surface area contributed by atoms with Crippen molar-refractivity contribution in [3.63, 3.8) is 0 Å². The predicted octanol–water partition coefficient (Wildman–Crippen LogP) is 0.691. The number of rotatable bonds is 3. The van der Waals surface area contributed by atoms with Gasteiger partial charge in [-0.3, -0.25) is 0 Å². The molecule has 6 nitrogen and oxygen atoms in total. The van der Waals surface area contributed by atoms with Crippen LogP contribution in [0.3, 0.4) is 0 Å². The first-order chi connectivity index (χ1) is 8.61. The smallest absolute Gasteiger partial charge is 0.318 e. The first-order valence-corrected chi connectivity index (χ1v) is 6.18. The molecular weight excluding hydrogens is 256 g/mol. The van der Waals surface area contributed by atoms with E-state index in [1.165, 1.54) is 7.11 Å². The zero-order valence-corrected chi connectivity index (χ0v) is 11.2. The van der Waals surface area contributed by atoms with Crippen LogP contribution in [0, 0.1) is 0 Å². The third-order valence-electron chi connectivity index (χ3n) is 2.87. The molecule has 0 aromatic carbocycles. The van der Waals surface area contributed by atoms with Gasteiger partial charge in [-0.05, 0) is 6.92 Å². The Morgan fingerprint density at radius 2 is 2.44 bits per heavy atom. The second-order valence-corrected chi connectivity index (χ2v) is 4.65. The van der Waals surface area contributed by atoms with Crippen LogP contribution in [-0.4, -0.2) is 48.9 Å². The highest BCUT2D eigenvalue weighted by Gasteiger charge is 2.26. The Hall–Kier alpha value is -1.11. The normalized spacial score (nSPS) is 21.8. The standard InChI is InChI=1S/C11H17ClN4O2/c1-7(13)9-6-16(3-4-18-9)10-8(12)5-14-11(15-10)17-2/h5,7,9H,3-4,6,13H2,1-2H3. The maximum absolute atomic E-state index is 6.12. The fraction of sp³-hybridized carbons (Fsp3) is 0.636. The number of nitrogens with two attached hydrogens (primary N) is 1. The largest absolute Gasteiger partial charge is 0.467 e. The summed E-state index contributed by atoms with van der Waals surface area (Å²) in [4.78, 5) is 10.3. The summed E-state index contributed by atoms with van der Waals surface area (Å²) in [5.74, 6) is 0.664. The minimum absolute atomic E-state index is 0.0178. The number of ether oxygens (including phenoxy) is 2. The number of anilines is 1. The van der Waals surface area contributed by atoms with Crippen LogP contribution < -0.4 is 15.4 Å². The first kappa shape index (κ1) is 13.3.